The minimum Gasteiger partial charge on any atom is -0.399 e. The first-order valence-electron chi connectivity index (χ1n) is 8.33. The van der Waals surface area contributed by atoms with E-state index in [4.69, 9.17) is 17.3 Å². The van der Waals surface area contributed by atoms with Gasteiger partial charge >= 0.3 is 0 Å². The number of anilines is 1. The number of hydrogen-bond acceptors (Lipinski definition) is 2. The van der Waals surface area contributed by atoms with Crippen molar-refractivity contribution in [3.8, 4) is 0 Å². The van der Waals surface area contributed by atoms with E-state index in [0.717, 1.165) is 30.5 Å². The molecular formula is C20H24Cl2N2O. The zero-order chi connectivity index (χ0) is 17.3. The van der Waals surface area contributed by atoms with E-state index in [-0.39, 0.29) is 24.4 Å². The summed E-state index contributed by atoms with van der Waals surface area (Å²) in [5.41, 5.74) is 9.37. The lowest BCUT2D eigenvalue weighted by Crippen LogP contribution is -2.42. The zero-order valence-electron chi connectivity index (χ0n) is 14.5. The number of carbonyl (C=O) groups is 1. The van der Waals surface area contributed by atoms with Crippen LogP contribution in [-0.2, 0) is 16.6 Å². The molecule has 1 aliphatic carbocycles. The molecule has 0 bridgehead atoms. The average Bonchev–Trinajstić information content (AvgIpc) is 2.54. The Kier molecular flexibility index (Phi) is 6.02. The summed E-state index contributed by atoms with van der Waals surface area (Å²) < 4.78 is 0. The molecule has 0 heterocycles. The standard InChI is InChI=1S/C20H23ClN2O.ClH/c1-20(2,14-6-4-7-15(21)12-14)19(24)23-18-8-3-5-13-11-16(22)9-10-17(13)18;/h4,6-7,9-12,18H,3,5,8,22H2,1-2H3,(H,23,24);1H. The molecule has 0 aliphatic heterocycles. The predicted octanol–water partition coefficient (Wildman–Crippen LogP) is 4.82. The molecule has 3 rings (SSSR count). The number of nitrogen functional groups attached to an aromatic ring is 1. The van der Waals surface area contributed by atoms with Crippen LogP contribution in [0.15, 0.2) is 42.5 Å². The predicted molar refractivity (Wildman–Crippen MR) is 106 cm³/mol. The van der Waals surface area contributed by atoms with Gasteiger partial charge in [-0.15, -0.1) is 12.4 Å². The van der Waals surface area contributed by atoms with Crippen molar-refractivity contribution in [1.82, 2.24) is 5.32 Å². The molecule has 1 aliphatic rings. The number of carbonyl (C=O) groups excluding carboxylic acids is 1. The van der Waals surface area contributed by atoms with E-state index < -0.39 is 5.41 Å². The van der Waals surface area contributed by atoms with Gasteiger partial charge in [-0.3, -0.25) is 4.79 Å². The lowest BCUT2D eigenvalue weighted by Gasteiger charge is -2.31. The van der Waals surface area contributed by atoms with Crippen LogP contribution in [0.4, 0.5) is 5.69 Å². The van der Waals surface area contributed by atoms with Gasteiger partial charge in [-0.05, 0) is 74.1 Å². The summed E-state index contributed by atoms with van der Waals surface area (Å²) in [5, 5.41) is 3.88. The third kappa shape index (κ3) is 4.10. The van der Waals surface area contributed by atoms with Crippen molar-refractivity contribution in [2.75, 3.05) is 5.73 Å². The van der Waals surface area contributed by atoms with Crippen LogP contribution in [0, 0.1) is 0 Å². The van der Waals surface area contributed by atoms with Gasteiger partial charge in [0.05, 0.1) is 11.5 Å². The normalized spacial score (nSPS) is 16.5. The summed E-state index contributed by atoms with van der Waals surface area (Å²) in [6, 6.07) is 13.5. The highest BCUT2D eigenvalue weighted by molar-refractivity contribution is 6.30. The van der Waals surface area contributed by atoms with Crippen LogP contribution in [0.2, 0.25) is 5.02 Å². The molecular weight excluding hydrogens is 355 g/mol. The van der Waals surface area contributed by atoms with Gasteiger partial charge in [0.2, 0.25) is 5.91 Å². The van der Waals surface area contributed by atoms with Gasteiger partial charge in [0.1, 0.15) is 0 Å². The number of halogens is 2. The summed E-state index contributed by atoms with van der Waals surface area (Å²) in [5.74, 6) is 0.0134. The first-order valence-corrected chi connectivity index (χ1v) is 8.71. The SMILES string of the molecule is CC(C)(C(=O)NC1CCCc2cc(N)ccc21)c1cccc(Cl)c1.Cl. The Hall–Kier alpha value is -1.71. The number of rotatable bonds is 3. The molecule has 0 saturated carbocycles. The van der Waals surface area contributed by atoms with Crippen LogP contribution >= 0.6 is 24.0 Å². The molecule has 0 aromatic heterocycles. The van der Waals surface area contributed by atoms with Crippen molar-refractivity contribution in [1.29, 1.82) is 0 Å². The summed E-state index contributed by atoms with van der Waals surface area (Å²) in [4.78, 5) is 12.9. The van der Waals surface area contributed by atoms with Crippen LogP contribution in [0.3, 0.4) is 0 Å². The molecule has 3 nitrogen and oxygen atoms in total. The van der Waals surface area contributed by atoms with Crippen molar-refractivity contribution in [3.63, 3.8) is 0 Å². The maximum Gasteiger partial charge on any atom is 0.230 e. The molecule has 0 radical (unpaired) electrons. The molecule has 1 atom stereocenters. The quantitative estimate of drug-likeness (QED) is 0.752. The zero-order valence-corrected chi connectivity index (χ0v) is 16.1. The molecule has 3 N–H and O–H groups in total. The van der Waals surface area contributed by atoms with Gasteiger partial charge in [-0.25, -0.2) is 0 Å². The van der Waals surface area contributed by atoms with E-state index in [1.807, 2.05) is 56.3 Å². The summed E-state index contributed by atoms with van der Waals surface area (Å²) in [7, 11) is 0. The highest BCUT2D eigenvalue weighted by atomic mass is 35.5. The second-order valence-corrected chi connectivity index (χ2v) is 7.45. The van der Waals surface area contributed by atoms with Crippen molar-refractivity contribution in [2.45, 2.75) is 44.6 Å². The van der Waals surface area contributed by atoms with Gasteiger partial charge in [-0.1, -0.05) is 29.8 Å². The fourth-order valence-electron chi connectivity index (χ4n) is 3.33. The van der Waals surface area contributed by atoms with Crippen molar-refractivity contribution in [2.24, 2.45) is 0 Å². The number of aryl methyl sites for hydroxylation is 1. The molecule has 0 saturated heterocycles. The van der Waals surface area contributed by atoms with Gasteiger partial charge in [0, 0.05) is 10.7 Å². The smallest absolute Gasteiger partial charge is 0.230 e. The average molecular weight is 379 g/mol. The van der Waals surface area contributed by atoms with Crippen LogP contribution in [0.5, 0.6) is 0 Å². The van der Waals surface area contributed by atoms with Crippen LogP contribution in [0.25, 0.3) is 0 Å². The Morgan fingerprint density at radius 2 is 2.00 bits per heavy atom. The van der Waals surface area contributed by atoms with Crippen molar-refractivity contribution >= 4 is 35.6 Å². The first kappa shape index (κ1) is 19.6. The van der Waals surface area contributed by atoms with Crippen LogP contribution in [0.1, 0.15) is 49.4 Å². The van der Waals surface area contributed by atoms with Gasteiger partial charge < -0.3 is 11.1 Å². The number of nitrogens with one attached hydrogen (secondary N) is 1. The van der Waals surface area contributed by atoms with Crippen molar-refractivity contribution in [3.05, 3.63) is 64.2 Å². The molecule has 5 heteroatoms. The number of benzene rings is 2. The molecule has 0 fully saturated rings. The third-order valence-corrected chi connectivity index (χ3v) is 5.14. The summed E-state index contributed by atoms with van der Waals surface area (Å²) in [6.45, 7) is 3.86. The van der Waals surface area contributed by atoms with E-state index in [0.29, 0.717) is 5.02 Å². The number of fused-ring (bicyclic) bond motifs is 1. The van der Waals surface area contributed by atoms with E-state index in [9.17, 15) is 4.79 Å². The first-order chi connectivity index (χ1) is 11.4. The Balaban J connectivity index is 0.00000225. The van der Waals surface area contributed by atoms with Crippen molar-refractivity contribution < 1.29 is 4.79 Å². The van der Waals surface area contributed by atoms with E-state index in [1.54, 1.807) is 0 Å². The molecule has 134 valence electrons. The second kappa shape index (κ2) is 7.67. The fourth-order valence-corrected chi connectivity index (χ4v) is 3.52. The highest BCUT2D eigenvalue weighted by Gasteiger charge is 2.32. The Morgan fingerprint density at radius 3 is 2.72 bits per heavy atom. The number of amides is 1. The summed E-state index contributed by atoms with van der Waals surface area (Å²) >= 11 is 6.09. The molecule has 2 aromatic carbocycles. The lowest BCUT2D eigenvalue weighted by atomic mass is 9.82. The van der Waals surface area contributed by atoms with Crippen LogP contribution in [-0.4, -0.2) is 5.91 Å². The number of hydrogen-bond donors (Lipinski definition) is 2. The lowest BCUT2D eigenvalue weighted by molar-refractivity contribution is -0.126. The number of nitrogens with two attached hydrogens (primary N) is 1. The molecule has 1 amide bonds. The Bertz CT molecular complexity index is 774. The molecule has 25 heavy (non-hydrogen) atoms. The van der Waals surface area contributed by atoms with Gasteiger partial charge in [-0.2, -0.15) is 0 Å². The maximum atomic E-state index is 12.9. The Labute approximate surface area is 160 Å². The van der Waals surface area contributed by atoms with E-state index in [2.05, 4.69) is 5.32 Å². The highest BCUT2D eigenvalue weighted by Crippen LogP contribution is 2.33. The Morgan fingerprint density at radius 1 is 1.24 bits per heavy atom. The largest absolute Gasteiger partial charge is 0.399 e. The van der Waals surface area contributed by atoms with Gasteiger partial charge in [0.25, 0.3) is 0 Å². The molecule has 2 aromatic rings. The monoisotopic (exact) mass is 378 g/mol. The van der Waals surface area contributed by atoms with Crippen LogP contribution < -0.4 is 11.1 Å². The topological polar surface area (TPSA) is 55.1 Å². The minimum atomic E-state index is -0.643. The molecule has 1 unspecified atom stereocenters. The van der Waals surface area contributed by atoms with Gasteiger partial charge in [0.15, 0.2) is 0 Å². The second-order valence-electron chi connectivity index (χ2n) is 7.01. The maximum absolute atomic E-state index is 12.9. The van der Waals surface area contributed by atoms with E-state index in [1.165, 1.54) is 11.1 Å². The third-order valence-electron chi connectivity index (χ3n) is 4.90. The molecule has 0 spiro atoms. The minimum absolute atomic E-state index is 0. The fraction of sp³-hybridized carbons (Fsp3) is 0.350. The summed E-state index contributed by atoms with van der Waals surface area (Å²) in [6.07, 6.45) is 3.03. The van der Waals surface area contributed by atoms with E-state index >= 15 is 0 Å².